The van der Waals surface area contributed by atoms with Crippen LogP contribution < -0.4 is 0 Å². The monoisotopic (exact) mass is 326 g/mol. The lowest BCUT2D eigenvalue weighted by atomic mass is 9.71. The molecule has 0 saturated carbocycles. The van der Waals surface area contributed by atoms with E-state index in [9.17, 15) is 4.79 Å². The predicted octanol–water partition coefficient (Wildman–Crippen LogP) is 5.57. The van der Waals surface area contributed by atoms with E-state index in [2.05, 4.69) is 61.5 Å². The van der Waals surface area contributed by atoms with E-state index in [4.69, 9.17) is 0 Å². The topological polar surface area (TPSA) is 17.1 Å². The van der Waals surface area contributed by atoms with Gasteiger partial charge in [0.2, 0.25) is 0 Å². The lowest BCUT2D eigenvalue weighted by molar-refractivity contribution is 0.0889. The molecular weight excluding hydrogens is 304 g/mol. The van der Waals surface area contributed by atoms with Gasteiger partial charge in [-0.15, -0.1) is 0 Å². The standard InChI is InChI=1S/C24H22O/c1-17-11-13-20(14-12-17)23(19-8-3-2-4-9-19)22-16-15-18-7-5-6-10-21(18)24(22)25/h2-14,22-23H,15-16H2,1H3/t22-,23-/m0/s1. The molecule has 2 atom stereocenters. The van der Waals surface area contributed by atoms with Crippen LogP contribution in [0.5, 0.6) is 0 Å². The minimum absolute atomic E-state index is 0.00000567. The summed E-state index contributed by atoms with van der Waals surface area (Å²) in [6.45, 7) is 2.10. The van der Waals surface area contributed by atoms with Crippen molar-refractivity contribution >= 4 is 5.78 Å². The highest BCUT2D eigenvalue weighted by Crippen LogP contribution is 2.39. The number of rotatable bonds is 3. The molecule has 0 heterocycles. The summed E-state index contributed by atoms with van der Waals surface area (Å²) < 4.78 is 0. The number of aryl methyl sites for hydroxylation is 2. The summed E-state index contributed by atoms with van der Waals surface area (Å²) >= 11 is 0. The third-order valence-corrected chi connectivity index (χ3v) is 5.34. The number of benzene rings is 3. The van der Waals surface area contributed by atoms with Crippen LogP contribution in [-0.4, -0.2) is 5.78 Å². The van der Waals surface area contributed by atoms with Crippen LogP contribution in [0.1, 0.15) is 45.0 Å². The zero-order chi connectivity index (χ0) is 17.2. The fourth-order valence-corrected chi connectivity index (χ4v) is 4.03. The predicted molar refractivity (Wildman–Crippen MR) is 102 cm³/mol. The lowest BCUT2D eigenvalue weighted by Crippen LogP contribution is -2.28. The molecule has 1 aliphatic carbocycles. The quantitative estimate of drug-likeness (QED) is 0.615. The molecule has 0 aliphatic heterocycles. The molecule has 0 saturated heterocycles. The van der Waals surface area contributed by atoms with E-state index in [0.717, 1.165) is 18.4 Å². The summed E-state index contributed by atoms with van der Waals surface area (Å²) in [6, 6.07) is 27.2. The summed E-state index contributed by atoms with van der Waals surface area (Å²) in [6.07, 6.45) is 1.88. The molecule has 3 aromatic rings. The van der Waals surface area contributed by atoms with Gasteiger partial charge in [0.25, 0.3) is 0 Å². The van der Waals surface area contributed by atoms with Crippen LogP contribution in [0.25, 0.3) is 0 Å². The Morgan fingerprint density at radius 1 is 0.800 bits per heavy atom. The Morgan fingerprint density at radius 2 is 1.44 bits per heavy atom. The van der Waals surface area contributed by atoms with Crippen molar-refractivity contribution in [2.45, 2.75) is 25.7 Å². The first-order chi connectivity index (χ1) is 12.2. The van der Waals surface area contributed by atoms with Gasteiger partial charge in [-0.05, 0) is 36.5 Å². The van der Waals surface area contributed by atoms with Crippen molar-refractivity contribution in [3.8, 4) is 0 Å². The summed E-state index contributed by atoms with van der Waals surface area (Å²) in [5, 5.41) is 0. The van der Waals surface area contributed by atoms with E-state index in [-0.39, 0.29) is 17.6 Å². The number of ketones is 1. The highest BCUT2D eigenvalue weighted by atomic mass is 16.1. The molecule has 0 radical (unpaired) electrons. The number of hydrogen-bond acceptors (Lipinski definition) is 1. The van der Waals surface area contributed by atoms with Gasteiger partial charge in [0, 0.05) is 17.4 Å². The van der Waals surface area contributed by atoms with Gasteiger partial charge in [-0.1, -0.05) is 84.4 Å². The Kier molecular flexibility index (Phi) is 4.23. The van der Waals surface area contributed by atoms with Crippen molar-refractivity contribution in [2.24, 2.45) is 5.92 Å². The van der Waals surface area contributed by atoms with E-state index in [1.807, 2.05) is 24.3 Å². The Bertz CT molecular complexity index is 877. The second-order valence-electron chi connectivity index (χ2n) is 6.97. The minimum Gasteiger partial charge on any atom is -0.294 e. The van der Waals surface area contributed by atoms with Crippen LogP contribution >= 0.6 is 0 Å². The van der Waals surface area contributed by atoms with Gasteiger partial charge in [0.05, 0.1) is 0 Å². The van der Waals surface area contributed by atoms with Crippen molar-refractivity contribution < 1.29 is 4.79 Å². The smallest absolute Gasteiger partial charge is 0.167 e. The molecular formula is C24H22O. The molecule has 3 aromatic carbocycles. The van der Waals surface area contributed by atoms with Crippen LogP contribution in [0.3, 0.4) is 0 Å². The second kappa shape index (κ2) is 6.68. The van der Waals surface area contributed by atoms with Crippen LogP contribution in [0.2, 0.25) is 0 Å². The average Bonchev–Trinajstić information content (AvgIpc) is 2.66. The van der Waals surface area contributed by atoms with Crippen molar-refractivity contribution in [3.63, 3.8) is 0 Å². The number of fused-ring (bicyclic) bond motifs is 1. The molecule has 124 valence electrons. The van der Waals surface area contributed by atoms with Crippen molar-refractivity contribution in [1.82, 2.24) is 0 Å². The minimum atomic E-state index is 0.00000567. The van der Waals surface area contributed by atoms with E-state index in [0.29, 0.717) is 0 Å². The fraction of sp³-hybridized carbons (Fsp3) is 0.208. The van der Waals surface area contributed by atoms with Gasteiger partial charge in [0.15, 0.2) is 5.78 Å². The Balaban J connectivity index is 1.79. The fourth-order valence-electron chi connectivity index (χ4n) is 4.03. The molecule has 0 bridgehead atoms. The highest BCUT2D eigenvalue weighted by molar-refractivity contribution is 6.01. The highest BCUT2D eigenvalue weighted by Gasteiger charge is 2.35. The molecule has 1 nitrogen and oxygen atoms in total. The third kappa shape index (κ3) is 3.02. The zero-order valence-electron chi connectivity index (χ0n) is 14.5. The first-order valence-corrected chi connectivity index (χ1v) is 8.97. The molecule has 1 heteroatoms. The van der Waals surface area contributed by atoms with Gasteiger partial charge in [-0.25, -0.2) is 0 Å². The molecule has 0 fully saturated rings. The van der Waals surface area contributed by atoms with E-state index < -0.39 is 0 Å². The number of Topliss-reactive ketones (excluding diaryl/α,β-unsaturated/α-hetero) is 1. The van der Waals surface area contributed by atoms with Gasteiger partial charge in [-0.2, -0.15) is 0 Å². The molecule has 0 spiro atoms. The van der Waals surface area contributed by atoms with Crippen LogP contribution in [0.15, 0.2) is 78.9 Å². The molecule has 0 aromatic heterocycles. The largest absolute Gasteiger partial charge is 0.294 e. The first kappa shape index (κ1) is 15.8. The van der Waals surface area contributed by atoms with Crippen LogP contribution in [0, 0.1) is 12.8 Å². The number of carbonyl (C=O) groups excluding carboxylic acids is 1. The Hall–Kier alpha value is -2.67. The molecule has 0 amide bonds. The lowest BCUT2D eigenvalue weighted by Gasteiger charge is -2.31. The van der Waals surface area contributed by atoms with E-state index in [1.165, 1.54) is 22.3 Å². The Morgan fingerprint density at radius 3 is 2.20 bits per heavy atom. The SMILES string of the molecule is Cc1ccc([C@H](c2ccccc2)[C@@H]2CCc3ccccc3C2=O)cc1. The molecule has 0 unspecified atom stereocenters. The zero-order valence-corrected chi connectivity index (χ0v) is 14.5. The summed E-state index contributed by atoms with van der Waals surface area (Å²) in [5.74, 6) is 0.402. The molecule has 0 N–H and O–H groups in total. The number of hydrogen-bond donors (Lipinski definition) is 0. The molecule has 1 aliphatic rings. The first-order valence-electron chi connectivity index (χ1n) is 8.97. The Labute approximate surface area is 149 Å². The maximum Gasteiger partial charge on any atom is 0.167 e. The maximum absolute atomic E-state index is 13.3. The van der Waals surface area contributed by atoms with Crippen molar-refractivity contribution in [2.75, 3.05) is 0 Å². The van der Waals surface area contributed by atoms with Gasteiger partial charge in [0.1, 0.15) is 0 Å². The van der Waals surface area contributed by atoms with E-state index in [1.54, 1.807) is 0 Å². The van der Waals surface area contributed by atoms with Crippen LogP contribution in [-0.2, 0) is 6.42 Å². The number of carbonyl (C=O) groups is 1. The van der Waals surface area contributed by atoms with Crippen molar-refractivity contribution in [3.05, 3.63) is 107 Å². The van der Waals surface area contributed by atoms with Crippen LogP contribution in [0.4, 0.5) is 0 Å². The van der Waals surface area contributed by atoms with Gasteiger partial charge >= 0.3 is 0 Å². The summed E-state index contributed by atoms with van der Waals surface area (Å²) in [5.41, 5.74) is 5.81. The van der Waals surface area contributed by atoms with Gasteiger partial charge < -0.3 is 0 Å². The molecule has 25 heavy (non-hydrogen) atoms. The van der Waals surface area contributed by atoms with Gasteiger partial charge in [-0.3, -0.25) is 4.79 Å². The molecule has 4 rings (SSSR count). The average molecular weight is 326 g/mol. The van der Waals surface area contributed by atoms with Crippen molar-refractivity contribution in [1.29, 1.82) is 0 Å². The summed E-state index contributed by atoms with van der Waals surface area (Å²) in [4.78, 5) is 13.3. The second-order valence-corrected chi connectivity index (χ2v) is 6.97. The third-order valence-electron chi connectivity index (χ3n) is 5.34. The normalized spacial score (nSPS) is 17.8. The maximum atomic E-state index is 13.3. The van der Waals surface area contributed by atoms with E-state index >= 15 is 0 Å². The summed E-state index contributed by atoms with van der Waals surface area (Å²) in [7, 11) is 0.